The predicted molar refractivity (Wildman–Crippen MR) is 123 cm³/mol. The van der Waals surface area contributed by atoms with Crippen LogP contribution in [-0.4, -0.2) is 28.5 Å². The number of carbonyl (C=O) groups is 2. The first-order valence-electron chi connectivity index (χ1n) is 9.83. The minimum atomic E-state index is -0.455. The van der Waals surface area contributed by atoms with Crippen LogP contribution in [0.25, 0.3) is 0 Å². The highest BCUT2D eigenvalue weighted by atomic mass is 35.5. The van der Waals surface area contributed by atoms with Gasteiger partial charge in [-0.15, -0.1) is 0 Å². The maximum atomic E-state index is 13.0. The molecule has 0 aliphatic carbocycles. The highest BCUT2D eigenvalue weighted by Gasteiger charge is 2.32. The number of amides is 1. The molecule has 164 valence electrons. The number of hydrogen-bond acceptors (Lipinski definition) is 6. The number of hydrogen-bond donors (Lipinski definition) is 1. The van der Waals surface area contributed by atoms with E-state index in [-0.39, 0.29) is 17.9 Å². The van der Waals surface area contributed by atoms with E-state index in [1.54, 1.807) is 41.9 Å². The molecule has 0 bridgehead atoms. The van der Waals surface area contributed by atoms with Gasteiger partial charge in [0.15, 0.2) is 5.16 Å². The fourth-order valence-electron chi connectivity index (χ4n) is 3.69. The summed E-state index contributed by atoms with van der Waals surface area (Å²) in [5.41, 5.74) is 2.21. The van der Waals surface area contributed by atoms with Crippen molar-refractivity contribution in [2.75, 3.05) is 12.4 Å². The molecular weight excluding hydrogens is 450 g/mol. The van der Waals surface area contributed by atoms with Crippen molar-refractivity contribution in [2.24, 2.45) is 7.05 Å². The average molecular weight is 470 g/mol. The van der Waals surface area contributed by atoms with Gasteiger partial charge in [-0.1, -0.05) is 47.6 Å². The Kier molecular flexibility index (Phi) is 6.34. The van der Waals surface area contributed by atoms with Crippen LogP contribution in [0.5, 0.6) is 0 Å². The molecule has 1 atom stereocenters. The van der Waals surface area contributed by atoms with E-state index in [4.69, 9.17) is 16.3 Å². The van der Waals surface area contributed by atoms with Gasteiger partial charge in [0.1, 0.15) is 5.82 Å². The first-order valence-corrected chi connectivity index (χ1v) is 11.2. The normalized spacial score (nSPS) is 15.1. The molecule has 2 heterocycles. The van der Waals surface area contributed by atoms with Gasteiger partial charge in [-0.3, -0.25) is 9.59 Å². The van der Waals surface area contributed by atoms with Crippen LogP contribution in [0.15, 0.2) is 58.5 Å². The number of anilines is 1. The van der Waals surface area contributed by atoms with Crippen molar-refractivity contribution in [3.63, 3.8) is 0 Å². The molecule has 4 rings (SSSR count). The van der Waals surface area contributed by atoms with E-state index in [1.807, 2.05) is 18.2 Å². The molecule has 0 radical (unpaired) electrons. The molecule has 0 unspecified atom stereocenters. The molecule has 9 heteroatoms. The Morgan fingerprint density at radius 2 is 2.00 bits per heavy atom. The first-order chi connectivity index (χ1) is 15.4. The van der Waals surface area contributed by atoms with Crippen LogP contribution >= 0.6 is 23.4 Å². The second kappa shape index (κ2) is 9.18. The molecule has 3 aromatic rings. The number of nitrogens with zero attached hydrogens (tertiary/aromatic N) is 2. The molecule has 1 aromatic heterocycles. The molecule has 1 aliphatic rings. The van der Waals surface area contributed by atoms with E-state index in [2.05, 4.69) is 10.3 Å². The van der Waals surface area contributed by atoms with Gasteiger partial charge in [0.25, 0.3) is 5.56 Å². The number of nitrogens with one attached hydrogen (secondary N) is 1. The third-order valence-electron chi connectivity index (χ3n) is 5.29. The Hall–Kier alpha value is -3.10. The molecule has 0 saturated carbocycles. The van der Waals surface area contributed by atoms with E-state index in [1.165, 1.54) is 18.9 Å². The Morgan fingerprint density at radius 3 is 2.69 bits per heavy atom. The summed E-state index contributed by atoms with van der Waals surface area (Å²) in [7, 11) is 3.09. The summed E-state index contributed by atoms with van der Waals surface area (Å²) in [6, 6.07) is 14.2. The zero-order valence-corrected chi connectivity index (χ0v) is 19.0. The molecule has 7 nitrogen and oxygen atoms in total. The number of aromatic nitrogens is 2. The number of thioether (sulfide) groups is 1. The number of rotatable bonds is 5. The Morgan fingerprint density at radius 1 is 1.25 bits per heavy atom. The van der Waals surface area contributed by atoms with Gasteiger partial charge in [-0.2, -0.15) is 4.98 Å². The number of esters is 1. The van der Waals surface area contributed by atoms with Gasteiger partial charge in [0.2, 0.25) is 5.91 Å². The highest BCUT2D eigenvalue weighted by molar-refractivity contribution is 7.98. The van der Waals surface area contributed by atoms with Crippen molar-refractivity contribution in [2.45, 2.75) is 23.2 Å². The minimum Gasteiger partial charge on any atom is -0.465 e. The number of methoxy groups -OCH3 is 1. The molecule has 32 heavy (non-hydrogen) atoms. The van der Waals surface area contributed by atoms with Crippen molar-refractivity contribution in [3.05, 3.63) is 86.2 Å². The number of ether oxygens (including phenoxy) is 1. The fraction of sp³-hybridized carbons (Fsp3) is 0.217. The molecule has 0 spiro atoms. The highest BCUT2D eigenvalue weighted by Crippen LogP contribution is 2.36. The third-order valence-corrected chi connectivity index (χ3v) is 6.63. The lowest BCUT2D eigenvalue weighted by Crippen LogP contribution is -2.33. The summed E-state index contributed by atoms with van der Waals surface area (Å²) >= 11 is 7.44. The van der Waals surface area contributed by atoms with Crippen molar-refractivity contribution in [1.82, 2.24) is 9.55 Å². The molecule has 1 aliphatic heterocycles. The summed E-state index contributed by atoms with van der Waals surface area (Å²) < 4.78 is 6.46. The van der Waals surface area contributed by atoms with Gasteiger partial charge in [0.05, 0.1) is 18.2 Å². The van der Waals surface area contributed by atoms with Crippen LogP contribution in [0.3, 0.4) is 0 Å². The van der Waals surface area contributed by atoms with Crippen molar-refractivity contribution in [3.8, 4) is 0 Å². The van der Waals surface area contributed by atoms with Gasteiger partial charge < -0.3 is 14.6 Å². The van der Waals surface area contributed by atoms with Crippen LogP contribution < -0.4 is 10.9 Å². The van der Waals surface area contributed by atoms with Crippen molar-refractivity contribution in [1.29, 1.82) is 0 Å². The Labute approximate surface area is 193 Å². The lowest BCUT2D eigenvalue weighted by atomic mass is 9.86. The molecule has 1 N–H and O–H groups in total. The monoisotopic (exact) mass is 469 g/mol. The molecular formula is C23H20ClN3O4S. The van der Waals surface area contributed by atoms with Crippen LogP contribution in [-0.2, 0) is 22.3 Å². The largest absolute Gasteiger partial charge is 0.465 e. The van der Waals surface area contributed by atoms with Gasteiger partial charge in [0, 0.05) is 30.2 Å². The average Bonchev–Trinajstić information content (AvgIpc) is 2.79. The standard InChI is InChI=1S/C23H20ClN3O4S/c1-27-20-19(21(29)26-23(27)32-12-13-4-3-5-16(24)10-13)17(11-18(28)25-20)14-6-8-15(9-7-14)22(30)31-2/h3-10,17H,11-12H2,1-2H3,(H,25,28)/t17-/m1/s1. The first kappa shape index (κ1) is 22.1. The van der Waals surface area contributed by atoms with E-state index in [0.29, 0.717) is 32.9 Å². The SMILES string of the molecule is COC(=O)c1ccc([C@H]2CC(=O)Nc3c2c(=O)nc(SCc2cccc(Cl)c2)n3C)cc1. The zero-order chi connectivity index (χ0) is 22.8. The summed E-state index contributed by atoms with van der Waals surface area (Å²) in [5, 5.41) is 3.97. The number of benzene rings is 2. The van der Waals surface area contributed by atoms with Crippen LogP contribution in [0.4, 0.5) is 5.82 Å². The number of carbonyl (C=O) groups excluding carboxylic acids is 2. The summed E-state index contributed by atoms with van der Waals surface area (Å²) in [6.45, 7) is 0. The second-order valence-corrected chi connectivity index (χ2v) is 8.74. The van der Waals surface area contributed by atoms with Crippen molar-refractivity contribution >= 4 is 41.1 Å². The maximum absolute atomic E-state index is 13.0. The van der Waals surface area contributed by atoms with E-state index >= 15 is 0 Å². The third kappa shape index (κ3) is 4.42. The molecule has 2 aromatic carbocycles. The number of halogens is 1. The van der Waals surface area contributed by atoms with E-state index in [9.17, 15) is 14.4 Å². The zero-order valence-electron chi connectivity index (χ0n) is 17.4. The van der Waals surface area contributed by atoms with Crippen LogP contribution in [0, 0.1) is 0 Å². The molecule has 1 amide bonds. The molecule has 0 fully saturated rings. The smallest absolute Gasteiger partial charge is 0.337 e. The quantitative estimate of drug-likeness (QED) is 0.345. The van der Waals surface area contributed by atoms with E-state index in [0.717, 1.165) is 11.1 Å². The maximum Gasteiger partial charge on any atom is 0.337 e. The number of fused-ring (bicyclic) bond motifs is 1. The van der Waals surface area contributed by atoms with E-state index < -0.39 is 11.9 Å². The topological polar surface area (TPSA) is 90.3 Å². The molecule has 0 saturated heterocycles. The Balaban J connectivity index is 1.68. The van der Waals surface area contributed by atoms with Gasteiger partial charge in [-0.05, 0) is 35.4 Å². The summed E-state index contributed by atoms with van der Waals surface area (Å²) in [6.07, 6.45) is 0.122. The minimum absolute atomic E-state index is 0.122. The van der Waals surface area contributed by atoms with Crippen LogP contribution in [0.1, 0.15) is 39.4 Å². The fourth-order valence-corrected chi connectivity index (χ4v) is 4.81. The van der Waals surface area contributed by atoms with Crippen LogP contribution in [0.2, 0.25) is 5.02 Å². The summed E-state index contributed by atoms with van der Waals surface area (Å²) in [4.78, 5) is 41.5. The van der Waals surface area contributed by atoms with Gasteiger partial charge in [-0.25, -0.2) is 4.79 Å². The summed E-state index contributed by atoms with van der Waals surface area (Å²) in [5.74, 6) is -0.0734. The lowest BCUT2D eigenvalue weighted by molar-refractivity contribution is -0.116. The Bertz CT molecular complexity index is 1260. The lowest BCUT2D eigenvalue weighted by Gasteiger charge is -2.27. The second-order valence-electron chi connectivity index (χ2n) is 7.36. The predicted octanol–water partition coefficient (Wildman–Crippen LogP) is 3.99. The van der Waals surface area contributed by atoms with Crippen molar-refractivity contribution < 1.29 is 14.3 Å². The van der Waals surface area contributed by atoms with Gasteiger partial charge >= 0.3 is 5.97 Å².